The molecular weight excluding hydrogens is 234 g/mol. The number of furan rings is 1. The number of pyridine rings is 1. The van der Waals surface area contributed by atoms with Crippen molar-refractivity contribution in [2.24, 2.45) is 0 Å². The molecule has 2 aromatic heterocycles. The highest BCUT2D eigenvalue weighted by Gasteiger charge is 2.14. The zero-order valence-corrected chi connectivity index (χ0v) is 9.92. The van der Waals surface area contributed by atoms with E-state index >= 15 is 0 Å². The maximum absolute atomic E-state index is 10.8. The number of carboxylic acids is 1. The molecule has 0 fully saturated rings. The van der Waals surface area contributed by atoms with Gasteiger partial charge in [0.2, 0.25) is 5.76 Å². The van der Waals surface area contributed by atoms with Crippen LogP contribution in [0.4, 0.5) is 0 Å². The molecule has 0 aromatic carbocycles. The molecule has 0 atom stereocenters. The molecule has 0 radical (unpaired) electrons. The van der Waals surface area contributed by atoms with Crippen molar-refractivity contribution < 1.29 is 19.1 Å². The van der Waals surface area contributed by atoms with Crippen LogP contribution in [0, 0.1) is 6.92 Å². The van der Waals surface area contributed by atoms with Crippen LogP contribution in [0.15, 0.2) is 35.0 Å². The molecule has 94 valence electrons. The molecule has 0 saturated carbocycles. The first-order chi connectivity index (χ1) is 8.66. The molecule has 5 heteroatoms. The minimum Gasteiger partial charge on any atom is -0.475 e. The second-order valence-electron chi connectivity index (χ2n) is 3.88. The van der Waals surface area contributed by atoms with Crippen LogP contribution in [0.5, 0.6) is 0 Å². The van der Waals surface area contributed by atoms with Crippen LogP contribution in [0.1, 0.15) is 27.4 Å². The number of hydrogen-bond acceptors (Lipinski definition) is 4. The molecule has 5 nitrogen and oxygen atoms in total. The van der Waals surface area contributed by atoms with Crippen LogP contribution < -0.4 is 0 Å². The van der Waals surface area contributed by atoms with E-state index in [1.54, 1.807) is 25.4 Å². The SMILES string of the molecule is Cc1cc(COCc2cccnc2)oc1C(=O)O. The maximum atomic E-state index is 10.8. The van der Waals surface area contributed by atoms with Crippen molar-refractivity contribution in [1.82, 2.24) is 4.98 Å². The molecule has 18 heavy (non-hydrogen) atoms. The second-order valence-corrected chi connectivity index (χ2v) is 3.88. The lowest BCUT2D eigenvalue weighted by Gasteiger charge is -2.01. The minimum absolute atomic E-state index is 0.0324. The Morgan fingerprint density at radius 3 is 2.94 bits per heavy atom. The van der Waals surface area contributed by atoms with Gasteiger partial charge in [-0.15, -0.1) is 0 Å². The second kappa shape index (κ2) is 5.46. The lowest BCUT2D eigenvalue weighted by Crippen LogP contribution is -1.95. The van der Waals surface area contributed by atoms with E-state index in [-0.39, 0.29) is 12.4 Å². The molecule has 0 aliphatic carbocycles. The van der Waals surface area contributed by atoms with Crippen LogP contribution in [0.2, 0.25) is 0 Å². The molecule has 2 aromatic rings. The van der Waals surface area contributed by atoms with Gasteiger partial charge in [-0.3, -0.25) is 4.98 Å². The number of carboxylic acid groups (broad SMARTS) is 1. The fraction of sp³-hybridized carbons (Fsp3) is 0.231. The number of aromatic nitrogens is 1. The van der Waals surface area contributed by atoms with E-state index in [1.165, 1.54) is 0 Å². The Morgan fingerprint density at radius 1 is 1.50 bits per heavy atom. The highest BCUT2D eigenvalue weighted by Crippen LogP contribution is 2.15. The first-order valence-corrected chi connectivity index (χ1v) is 5.46. The summed E-state index contributed by atoms with van der Waals surface area (Å²) in [5.74, 6) is -0.588. The summed E-state index contributed by atoms with van der Waals surface area (Å²) in [5, 5.41) is 8.84. The standard InChI is InChI=1S/C13H13NO4/c1-9-5-11(18-12(9)13(15)16)8-17-7-10-3-2-4-14-6-10/h2-6H,7-8H2,1H3,(H,15,16). The Bertz CT molecular complexity index is 533. The number of carbonyl (C=O) groups is 1. The third kappa shape index (κ3) is 2.95. The van der Waals surface area contributed by atoms with Crippen LogP contribution in [-0.4, -0.2) is 16.1 Å². The van der Waals surface area contributed by atoms with Gasteiger partial charge in [0, 0.05) is 18.0 Å². The zero-order valence-electron chi connectivity index (χ0n) is 9.92. The van der Waals surface area contributed by atoms with Crippen molar-refractivity contribution in [1.29, 1.82) is 0 Å². The number of rotatable bonds is 5. The topological polar surface area (TPSA) is 72.6 Å². The third-order valence-corrected chi connectivity index (χ3v) is 2.40. The number of aromatic carboxylic acids is 1. The fourth-order valence-electron chi connectivity index (χ4n) is 1.58. The average molecular weight is 247 g/mol. The predicted octanol–water partition coefficient (Wildman–Crippen LogP) is 2.40. The summed E-state index contributed by atoms with van der Waals surface area (Å²) in [6.45, 7) is 2.34. The molecule has 0 aliphatic heterocycles. The number of hydrogen-bond donors (Lipinski definition) is 1. The Balaban J connectivity index is 1.91. The quantitative estimate of drug-likeness (QED) is 0.878. The Hall–Kier alpha value is -2.14. The highest BCUT2D eigenvalue weighted by atomic mass is 16.5. The lowest BCUT2D eigenvalue weighted by atomic mass is 10.2. The van der Waals surface area contributed by atoms with Crippen LogP contribution in [0.25, 0.3) is 0 Å². The molecule has 0 amide bonds. The first-order valence-electron chi connectivity index (χ1n) is 5.46. The van der Waals surface area contributed by atoms with E-state index in [0.717, 1.165) is 5.56 Å². The summed E-state index contributed by atoms with van der Waals surface area (Å²) in [6, 6.07) is 5.41. The fourth-order valence-corrected chi connectivity index (χ4v) is 1.58. The summed E-state index contributed by atoms with van der Waals surface area (Å²) < 4.78 is 10.6. The van der Waals surface area contributed by atoms with Crippen LogP contribution in [-0.2, 0) is 18.0 Å². The molecule has 0 aliphatic rings. The van der Waals surface area contributed by atoms with E-state index < -0.39 is 5.97 Å². The summed E-state index contributed by atoms with van der Waals surface area (Å²) in [4.78, 5) is 14.8. The van der Waals surface area contributed by atoms with E-state index in [0.29, 0.717) is 17.9 Å². The Morgan fingerprint density at radius 2 is 2.33 bits per heavy atom. The van der Waals surface area contributed by atoms with Crippen molar-refractivity contribution in [3.8, 4) is 0 Å². The molecule has 2 heterocycles. The molecule has 0 unspecified atom stereocenters. The highest BCUT2D eigenvalue weighted by molar-refractivity contribution is 5.86. The molecule has 0 saturated heterocycles. The third-order valence-electron chi connectivity index (χ3n) is 2.40. The zero-order chi connectivity index (χ0) is 13.0. The van der Waals surface area contributed by atoms with E-state index in [2.05, 4.69) is 4.98 Å². The molecule has 2 rings (SSSR count). The van der Waals surface area contributed by atoms with Gasteiger partial charge in [0.25, 0.3) is 0 Å². The lowest BCUT2D eigenvalue weighted by molar-refractivity contribution is 0.0639. The van der Waals surface area contributed by atoms with Gasteiger partial charge < -0.3 is 14.3 Å². The van der Waals surface area contributed by atoms with Gasteiger partial charge >= 0.3 is 5.97 Å². The summed E-state index contributed by atoms with van der Waals surface area (Å²) >= 11 is 0. The van der Waals surface area contributed by atoms with Crippen molar-refractivity contribution in [2.75, 3.05) is 0 Å². The largest absolute Gasteiger partial charge is 0.475 e. The number of aryl methyl sites for hydroxylation is 1. The van der Waals surface area contributed by atoms with E-state index in [9.17, 15) is 4.79 Å². The van der Waals surface area contributed by atoms with Gasteiger partial charge in [-0.2, -0.15) is 0 Å². The van der Waals surface area contributed by atoms with Crippen molar-refractivity contribution in [3.05, 3.63) is 53.2 Å². The summed E-state index contributed by atoms with van der Waals surface area (Å²) in [5.41, 5.74) is 1.56. The van der Waals surface area contributed by atoms with Crippen molar-refractivity contribution >= 4 is 5.97 Å². The maximum Gasteiger partial charge on any atom is 0.372 e. The van der Waals surface area contributed by atoms with Crippen LogP contribution in [0.3, 0.4) is 0 Å². The van der Waals surface area contributed by atoms with Gasteiger partial charge in [0.15, 0.2) is 0 Å². The van der Waals surface area contributed by atoms with Gasteiger partial charge in [0.05, 0.1) is 6.61 Å². The van der Waals surface area contributed by atoms with Gasteiger partial charge in [0.1, 0.15) is 12.4 Å². The van der Waals surface area contributed by atoms with Gasteiger partial charge in [-0.05, 0) is 24.6 Å². The first kappa shape index (κ1) is 12.3. The number of nitrogens with zero attached hydrogens (tertiary/aromatic N) is 1. The van der Waals surface area contributed by atoms with E-state index in [4.69, 9.17) is 14.3 Å². The molecule has 1 N–H and O–H groups in total. The van der Waals surface area contributed by atoms with Gasteiger partial charge in [-0.1, -0.05) is 6.07 Å². The van der Waals surface area contributed by atoms with Crippen LogP contribution >= 0.6 is 0 Å². The Kier molecular flexibility index (Phi) is 3.74. The van der Waals surface area contributed by atoms with E-state index in [1.807, 2.05) is 12.1 Å². The van der Waals surface area contributed by atoms with Crippen molar-refractivity contribution in [2.45, 2.75) is 20.1 Å². The summed E-state index contributed by atoms with van der Waals surface area (Å²) in [7, 11) is 0. The normalized spacial score (nSPS) is 10.5. The summed E-state index contributed by atoms with van der Waals surface area (Å²) in [6.07, 6.45) is 3.41. The smallest absolute Gasteiger partial charge is 0.372 e. The molecule has 0 bridgehead atoms. The molecular formula is C13H13NO4. The molecule has 0 spiro atoms. The predicted molar refractivity (Wildman–Crippen MR) is 63.1 cm³/mol. The average Bonchev–Trinajstić information content (AvgIpc) is 2.72. The van der Waals surface area contributed by atoms with Gasteiger partial charge in [-0.25, -0.2) is 4.79 Å². The minimum atomic E-state index is -1.06. The Labute approximate surface area is 104 Å². The van der Waals surface area contributed by atoms with Crippen molar-refractivity contribution in [3.63, 3.8) is 0 Å². The number of ether oxygens (including phenoxy) is 1. The monoisotopic (exact) mass is 247 g/mol.